The maximum Gasteiger partial charge on any atom is 0.410 e. The van der Waals surface area contributed by atoms with Crippen molar-refractivity contribution < 1.29 is 43.2 Å². The van der Waals surface area contributed by atoms with Gasteiger partial charge in [0.15, 0.2) is 17.7 Å². The molecule has 13 atom stereocenters. The highest BCUT2D eigenvalue weighted by molar-refractivity contribution is 6.00. The fourth-order valence-corrected chi connectivity index (χ4v) is 9.88. The van der Waals surface area contributed by atoms with E-state index in [1.165, 1.54) is 6.92 Å². The average Bonchev–Trinajstić information content (AvgIpc) is 3.31. The summed E-state index contributed by atoms with van der Waals surface area (Å²) < 4.78 is 32.2. The van der Waals surface area contributed by atoms with Gasteiger partial charge < -0.3 is 33.7 Å². The fourth-order valence-electron chi connectivity index (χ4n) is 9.88. The van der Waals surface area contributed by atoms with E-state index in [0.29, 0.717) is 38.8 Å². The van der Waals surface area contributed by atoms with Crippen LogP contribution in [0.4, 0.5) is 4.79 Å². The van der Waals surface area contributed by atoms with Crippen LogP contribution in [0.15, 0.2) is 41.5 Å². The Morgan fingerprint density at radius 2 is 1.79 bits per heavy atom. The van der Waals surface area contributed by atoms with Gasteiger partial charge in [-0.1, -0.05) is 57.7 Å². The van der Waals surface area contributed by atoms with E-state index in [-0.39, 0.29) is 30.6 Å². The molecule has 6 rings (SSSR count). The highest BCUT2D eigenvalue weighted by Crippen LogP contribution is 2.44. The van der Waals surface area contributed by atoms with Crippen molar-refractivity contribution in [2.24, 2.45) is 28.7 Å². The highest BCUT2D eigenvalue weighted by Gasteiger charge is 2.60. The number of ether oxygens (including phenoxy) is 5. The molecule has 4 aliphatic rings. The normalized spacial score (nSPS) is 37.3. The molecule has 5 heterocycles. The van der Waals surface area contributed by atoms with Crippen molar-refractivity contribution in [3.8, 4) is 11.8 Å². The largest absolute Gasteiger partial charge is 0.458 e. The standard InChI is InChI=1S/C45H62N4O9/c1-11-35-45(8)39-28(4)36(46-19-20-49(39)43(53)58-45)26(2)24-44(7,54-21-15-14-16-31-23-32-17-12-13-18-33(32)47-25-31)40(29(5)37(50)30(6)41(52)56-35)57-42-38(51)34(48(9)10)22-27(3)55-42/h12-13,17-18,23,25-30,34-35,38-40,42,51H,11,16,19-22,24H2,1-10H3/t26-,27-,28-,29+,30-,34+,35+,38-,39-,40-,42+,44-,45-/m1/s1. The Labute approximate surface area is 343 Å². The molecule has 0 radical (unpaired) electrons. The molecule has 2 bridgehead atoms. The molecule has 0 saturated carbocycles. The topological polar surface area (TPSA) is 149 Å². The van der Waals surface area contributed by atoms with Crippen LogP contribution in [-0.2, 0) is 39.7 Å². The maximum absolute atomic E-state index is 14.6. The number of hydrogen-bond donors (Lipinski definition) is 1. The van der Waals surface area contributed by atoms with Gasteiger partial charge in [0.1, 0.15) is 24.7 Å². The third kappa shape index (κ3) is 8.68. The van der Waals surface area contributed by atoms with Crippen LogP contribution in [0.1, 0.15) is 80.2 Å². The van der Waals surface area contributed by atoms with Gasteiger partial charge in [0.2, 0.25) is 0 Å². The number of nitrogens with zero attached hydrogens (tertiary/aromatic N) is 4. The summed E-state index contributed by atoms with van der Waals surface area (Å²) in [5, 5.41) is 12.7. The number of fused-ring (bicyclic) bond motifs is 2. The van der Waals surface area contributed by atoms with Crippen LogP contribution in [0.3, 0.4) is 0 Å². The molecular formula is C45H62N4O9. The first-order valence-electron chi connectivity index (χ1n) is 20.9. The Morgan fingerprint density at radius 1 is 1.05 bits per heavy atom. The molecule has 3 saturated heterocycles. The Kier molecular flexibility index (Phi) is 13.3. The monoisotopic (exact) mass is 802 g/mol. The number of amides is 1. The molecule has 316 valence electrons. The van der Waals surface area contributed by atoms with Crippen molar-refractivity contribution in [1.29, 1.82) is 0 Å². The lowest BCUT2D eigenvalue weighted by Crippen LogP contribution is -2.60. The minimum absolute atomic E-state index is 0.00439. The van der Waals surface area contributed by atoms with Crippen molar-refractivity contribution in [3.63, 3.8) is 0 Å². The third-order valence-electron chi connectivity index (χ3n) is 12.9. The summed E-state index contributed by atoms with van der Waals surface area (Å²) in [4.78, 5) is 55.4. The number of carbonyl (C=O) groups excluding carboxylic acids is 3. The SMILES string of the molecule is CC[C@@H]1OC(=O)[C@H](C)C(=O)[C@H](C)[C@@H](O[C@@H]2O[C@H](C)C[C@H](N(C)C)[C@H]2O)[C@](C)(OCC#CCc2cnc3ccccc3c2)C[C@@H](C)C2=NCCN3C(=O)O[C@@]1(C)[C@H]3[C@@H]2C. The molecule has 1 aromatic carbocycles. The number of aromatic nitrogens is 1. The van der Waals surface area contributed by atoms with Gasteiger partial charge in [0, 0.05) is 48.1 Å². The lowest BCUT2D eigenvalue weighted by atomic mass is 9.73. The van der Waals surface area contributed by atoms with Gasteiger partial charge in [-0.3, -0.25) is 24.5 Å². The lowest BCUT2D eigenvalue weighted by Gasteiger charge is -2.47. The Hall–Kier alpha value is -3.93. The van der Waals surface area contributed by atoms with Gasteiger partial charge in [-0.15, -0.1) is 0 Å². The number of Topliss-reactive ketones (excluding diaryl/α,β-unsaturated/α-hetero) is 1. The lowest BCUT2D eigenvalue weighted by molar-refractivity contribution is -0.296. The van der Waals surface area contributed by atoms with Crippen molar-refractivity contribution in [1.82, 2.24) is 14.8 Å². The number of esters is 1. The summed E-state index contributed by atoms with van der Waals surface area (Å²) in [7, 11) is 3.80. The number of likely N-dealkylation sites (N-methyl/N-ethyl adjacent to an activating group) is 1. The van der Waals surface area contributed by atoms with E-state index in [0.717, 1.165) is 22.2 Å². The van der Waals surface area contributed by atoms with Crippen molar-refractivity contribution in [3.05, 3.63) is 42.1 Å². The summed E-state index contributed by atoms with van der Waals surface area (Å²) in [5.41, 5.74) is 0.321. The van der Waals surface area contributed by atoms with Gasteiger partial charge in [-0.25, -0.2) is 4.79 Å². The van der Waals surface area contributed by atoms with Crippen LogP contribution in [0.25, 0.3) is 10.9 Å². The first-order chi connectivity index (χ1) is 27.5. The summed E-state index contributed by atoms with van der Waals surface area (Å²) in [5.74, 6) is 2.64. The molecule has 0 unspecified atom stereocenters. The minimum atomic E-state index is -1.23. The van der Waals surface area contributed by atoms with Crippen molar-refractivity contribution >= 4 is 34.5 Å². The number of ketones is 1. The molecule has 1 N–H and O–H groups in total. The average molecular weight is 803 g/mol. The van der Waals surface area contributed by atoms with Gasteiger partial charge in [0.05, 0.1) is 35.9 Å². The number of rotatable bonds is 7. The van der Waals surface area contributed by atoms with E-state index in [1.54, 1.807) is 11.8 Å². The molecule has 0 spiro atoms. The molecule has 1 aromatic heterocycles. The number of pyridine rings is 1. The summed E-state index contributed by atoms with van der Waals surface area (Å²) in [6.07, 6.45) is -1.13. The highest BCUT2D eigenvalue weighted by atomic mass is 16.7. The van der Waals surface area contributed by atoms with Crippen LogP contribution >= 0.6 is 0 Å². The molecular weight excluding hydrogens is 741 g/mol. The van der Waals surface area contributed by atoms with Crippen LogP contribution in [-0.4, -0.2) is 131 Å². The van der Waals surface area contributed by atoms with Crippen molar-refractivity contribution in [2.75, 3.05) is 33.8 Å². The van der Waals surface area contributed by atoms with E-state index < -0.39 is 71.5 Å². The zero-order valence-corrected chi connectivity index (χ0v) is 35.8. The Morgan fingerprint density at radius 3 is 2.52 bits per heavy atom. The molecule has 3 fully saturated rings. The van der Waals surface area contributed by atoms with Gasteiger partial charge in [0.25, 0.3) is 0 Å². The zero-order chi connectivity index (χ0) is 42.1. The van der Waals surface area contributed by atoms with Gasteiger partial charge >= 0.3 is 12.1 Å². The second-order valence-corrected chi connectivity index (χ2v) is 17.4. The predicted octanol–water partition coefficient (Wildman–Crippen LogP) is 5.24. The first-order valence-corrected chi connectivity index (χ1v) is 20.9. The number of cyclic esters (lactones) is 1. The minimum Gasteiger partial charge on any atom is -0.458 e. The van der Waals surface area contributed by atoms with Crippen LogP contribution in [0, 0.1) is 35.5 Å². The Balaban J connectivity index is 1.40. The number of aliphatic imine (C=N–C) groups is 1. The van der Waals surface area contributed by atoms with Gasteiger partial charge in [-0.2, -0.15) is 0 Å². The first kappa shape index (κ1) is 43.6. The van der Waals surface area contributed by atoms with Gasteiger partial charge in [-0.05, 0) is 84.7 Å². The maximum atomic E-state index is 14.6. The van der Waals surface area contributed by atoms with E-state index in [2.05, 4.69) is 29.8 Å². The molecule has 0 aliphatic carbocycles. The third-order valence-corrected chi connectivity index (χ3v) is 12.9. The van der Waals surface area contributed by atoms with Crippen molar-refractivity contribution in [2.45, 2.75) is 135 Å². The molecule has 4 aliphatic heterocycles. The number of hydrogen-bond acceptors (Lipinski definition) is 12. The fraction of sp³-hybridized carbons (Fsp3) is 0.667. The summed E-state index contributed by atoms with van der Waals surface area (Å²) >= 11 is 0. The quantitative estimate of drug-likeness (QED) is 0.223. The zero-order valence-electron chi connectivity index (χ0n) is 35.8. The Bertz CT molecular complexity index is 1930. The molecule has 1 amide bonds. The molecule has 13 nitrogen and oxygen atoms in total. The summed E-state index contributed by atoms with van der Waals surface area (Å²) in [6, 6.07) is 9.25. The smallest absolute Gasteiger partial charge is 0.410 e. The molecule has 2 aromatic rings. The molecule has 58 heavy (non-hydrogen) atoms. The number of benzene rings is 1. The predicted molar refractivity (Wildman–Crippen MR) is 219 cm³/mol. The number of para-hydroxylation sites is 1. The van der Waals surface area contributed by atoms with Crippen LogP contribution in [0.5, 0.6) is 0 Å². The van der Waals surface area contributed by atoms with E-state index in [1.807, 2.05) is 84.1 Å². The van der Waals surface area contributed by atoms with E-state index in [9.17, 15) is 19.5 Å². The number of aliphatic hydroxyl groups is 1. The number of aliphatic hydroxyl groups excluding tert-OH is 1. The van der Waals surface area contributed by atoms with E-state index >= 15 is 0 Å². The van der Waals surface area contributed by atoms with E-state index in [4.69, 9.17) is 28.7 Å². The second-order valence-electron chi connectivity index (χ2n) is 17.4. The molecule has 13 heteroatoms. The van der Waals surface area contributed by atoms with Crippen LogP contribution < -0.4 is 0 Å². The number of carbonyl (C=O) groups is 3. The summed E-state index contributed by atoms with van der Waals surface area (Å²) in [6.45, 7) is 15.6. The second kappa shape index (κ2) is 17.7. The van der Waals surface area contributed by atoms with Crippen LogP contribution in [0.2, 0.25) is 0 Å².